The summed E-state index contributed by atoms with van der Waals surface area (Å²) >= 11 is 0.671. The molecule has 11 heteroatoms. The van der Waals surface area contributed by atoms with Gasteiger partial charge in [-0.25, -0.2) is 4.39 Å². The van der Waals surface area contributed by atoms with E-state index < -0.39 is 42.0 Å². The molecular formula is C23H21FN2O7S. The van der Waals surface area contributed by atoms with E-state index >= 15 is 0 Å². The van der Waals surface area contributed by atoms with Crippen molar-refractivity contribution < 1.29 is 37.8 Å². The molecule has 0 radical (unpaired) electrons. The average molecular weight is 488 g/mol. The Morgan fingerprint density at radius 2 is 1.88 bits per heavy atom. The van der Waals surface area contributed by atoms with Gasteiger partial charge in [0.25, 0.3) is 17.1 Å². The largest absolute Gasteiger partial charge is 0.493 e. The zero-order valence-electron chi connectivity index (χ0n) is 18.3. The molecule has 1 aliphatic heterocycles. The molecule has 1 aliphatic rings. The number of benzene rings is 2. The molecule has 0 saturated carbocycles. The summed E-state index contributed by atoms with van der Waals surface area (Å²) in [6, 6.07) is 10.1. The highest BCUT2D eigenvalue weighted by molar-refractivity contribution is 8.18. The van der Waals surface area contributed by atoms with Gasteiger partial charge in [0.15, 0.2) is 18.1 Å². The van der Waals surface area contributed by atoms with E-state index in [9.17, 15) is 23.6 Å². The highest BCUT2D eigenvalue weighted by atomic mass is 32.2. The third-order valence-corrected chi connectivity index (χ3v) is 5.36. The summed E-state index contributed by atoms with van der Waals surface area (Å²) in [6.45, 7) is 0.865. The number of carbonyl (C=O) groups excluding carboxylic acids is 4. The predicted molar refractivity (Wildman–Crippen MR) is 123 cm³/mol. The van der Waals surface area contributed by atoms with E-state index in [-0.39, 0.29) is 17.3 Å². The van der Waals surface area contributed by atoms with E-state index in [1.165, 1.54) is 37.5 Å². The second kappa shape index (κ2) is 11.3. The lowest BCUT2D eigenvalue weighted by atomic mass is 10.1. The Kier molecular flexibility index (Phi) is 8.25. The summed E-state index contributed by atoms with van der Waals surface area (Å²) in [5.74, 6) is -1.79. The van der Waals surface area contributed by atoms with Gasteiger partial charge >= 0.3 is 5.97 Å². The molecule has 178 valence electrons. The van der Waals surface area contributed by atoms with Crippen molar-refractivity contribution in [1.82, 2.24) is 4.90 Å². The van der Waals surface area contributed by atoms with Crippen molar-refractivity contribution in [2.75, 3.05) is 32.2 Å². The molecular weight excluding hydrogens is 467 g/mol. The summed E-state index contributed by atoms with van der Waals surface area (Å²) in [7, 11) is 1.41. The first-order chi connectivity index (χ1) is 16.3. The second-order valence-corrected chi connectivity index (χ2v) is 7.79. The highest BCUT2D eigenvalue weighted by Gasteiger charge is 2.37. The number of imide groups is 1. The maximum absolute atomic E-state index is 13.0. The Morgan fingerprint density at radius 3 is 2.56 bits per heavy atom. The number of ether oxygens (including phenoxy) is 3. The molecule has 1 heterocycles. The van der Waals surface area contributed by atoms with Crippen LogP contribution in [0.5, 0.6) is 11.5 Å². The Morgan fingerprint density at radius 1 is 1.15 bits per heavy atom. The number of amides is 3. The van der Waals surface area contributed by atoms with E-state index in [0.717, 1.165) is 4.90 Å². The van der Waals surface area contributed by atoms with E-state index in [1.54, 1.807) is 25.1 Å². The number of anilines is 1. The van der Waals surface area contributed by atoms with Gasteiger partial charge in [0.05, 0.1) is 18.6 Å². The maximum Gasteiger partial charge on any atom is 0.326 e. The summed E-state index contributed by atoms with van der Waals surface area (Å²) in [4.78, 5) is 49.7. The van der Waals surface area contributed by atoms with Gasteiger partial charge in [0, 0.05) is 11.3 Å². The fourth-order valence-electron chi connectivity index (χ4n) is 2.94. The fourth-order valence-corrected chi connectivity index (χ4v) is 3.77. The number of thioether (sulfide) groups is 1. The Hall–Kier alpha value is -3.86. The quantitative estimate of drug-likeness (QED) is 0.422. The van der Waals surface area contributed by atoms with Gasteiger partial charge in [-0.15, -0.1) is 0 Å². The summed E-state index contributed by atoms with van der Waals surface area (Å²) in [5.41, 5.74) is 0.779. The normalized spacial score (nSPS) is 14.3. The van der Waals surface area contributed by atoms with Crippen molar-refractivity contribution in [3.8, 4) is 11.5 Å². The van der Waals surface area contributed by atoms with Gasteiger partial charge < -0.3 is 19.5 Å². The number of para-hydroxylation sites is 1. The molecule has 3 amide bonds. The van der Waals surface area contributed by atoms with Crippen LogP contribution < -0.4 is 14.8 Å². The van der Waals surface area contributed by atoms with Crippen LogP contribution in [0.25, 0.3) is 6.08 Å². The average Bonchev–Trinajstić information content (AvgIpc) is 3.07. The summed E-state index contributed by atoms with van der Waals surface area (Å²) in [5, 5.41) is 1.97. The second-order valence-electron chi connectivity index (χ2n) is 6.80. The van der Waals surface area contributed by atoms with Crippen LogP contribution in [0.15, 0.2) is 47.4 Å². The molecule has 2 aromatic rings. The zero-order valence-corrected chi connectivity index (χ0v) is 19.1. The van der Waals surface area contributed by atoms with Crippen LogP contribution in [-0.2, 0) is 19.1 Å². The number of hydrogen-bond donors (Lipinski definition) is 1. The van der Waals surface area contributed by atoms with E-state index in [4.69, 9.17) is 14.2 Å². The monoisotopic (exact) mass is 488 g/mol. The zero-order chi connectivity index (χ0) is 24.7. The van der Waals surface area contributed by atoms with Gasteiger partial charge in [-0.1, -0.05) is 12.1 Å². The lowest BCUT2D eigenvalue weighted by Crippen LogP contribution is -2.34. The predicted octanol–water partition coefficient (Wildman–Crippen LogP) is 3.45. The Bertz CT molecular complexity index is 1130. The molecule has 3 rings (SSSR count). The van der Waals surface area contributed by atoms with Crippen LogP contribution in [0.3, 0.4) is 0 Å². The topological polar surface area (TPSA) is 111 Å². The molecule has 0 atom stereocenters. The van der Waals surface area contributed by atoms with Crippen LogP contribution in [0.1, 0.15) is 12.5 Å². The van der Waals surface area contributed by atoms with Crippen LogP contribution in [0.4, 0.5) is 14.9 Å². The minimum atomic E-state index is -0.691. The van der Waals surface area contributed by atoms with Crippen LogP contribution in [-0.4, -0.2) is 54.8 Å². The number of methoxy groups -OCH3 is 1. The molecule has 1 N–H and O–H groups in total. The first kappa shape index (κ1) is 24.8. The third-order valence-electron chi connectivity index (χ3n) is 4.46. The molecule has 0 bridgehead atoms. The lowest BCUT2D eigenvalue weighted by molar-refractivity contribution is -0.146. The van der Waals surface area contributed by atoms with E-state index in [2.05, 4.69) is 5.32 Å². The number of rotatable bonds is 9. The van der Waals surface area contributed by atoms with Crippen LogP contribution in [0.2, 0.25) is 0 Å². The molecule has 1 fully saturated rings. The first-order valence-electron chi connectivity index (χ1n) is 10.1. The smallest absolute Gasteiger partial charge is 0.326 e. The third kappa shape index (κ3) is 6.13. The van der Waals surface area contributed by atoms with Gasteiger partial charge in [-0.05, 0) is 55.1 Å². The van der Waals surface area contributed by atoms with E-state index in [0.29, 0.717) is 28.8 Å². The molecule has 1 saturated heterocycles. The molecule has 9 nitrogen and oxygen atoms in total. The standard InChI is InChI=1S/C23H21FN2O7S/c1-3-32-20(28)12-26-22(29)18(34-23(26)30)11-14-5-4-6-17(31-2)21(14)33-13-19(27)25-16-9-7-15(24)8-10-16/h4-11H,3,12-13H2,1-2H3,(H,25,27)/b18-11+. The van der Waals surface area contributed by atoms with E-state index in [1.807, 2.05) is 0 Å². The van der Waals surface area contributed by atoms with Crippen molar-refractivity contribution >= 4 is 46.5 Å². The highest BCUT2D eigenvalue weighted by Crippen LogP contribution is 2.37. The molecule has 0 unspecified atom stereocenters. The molecule has 0 aliphatic carbocycles. The van der Waals surface area contributed by atoms with Gasteiger partial charge in [-0.3, -0.25) is 24.1 Å². The van der Waals surface area contributed by atoms with Gasteiger partial charge in [-0.2, -0.15) is 0 Å². The minimum Gasteiger partial charge on any atom is -0.493 e. The number of halogens is 1. The van der Waals surface area contributed by atoms with Gasteiger partial charge in [0.2, 0.25) is 0 Å². The maximum atomic E-state index is 13.0. The number of hydrogen-bond acceptors (Lipinski definition) is 8. The SMILES string of the molecule is CCOC(=O)CN1C(=O)S/C(=C/c2cccc(OC)c2OCC(=O)Nc2ccc(F)cc2)C1=O. The summed E-state index contributed by atoms with van der Waals surface area (Å²) < 4.78 is 28.8. The van der Waals surface area contributed by atoms with Crippen molar-refractivity contribution in [3.05, 3.63) is 58.8 Å². The number of nitrogens with one attached hydrogen (secondary N) is 1. The molecule has 2 aromatic carbocycles. The fraction of sp³-hybridized carbons (Fsp3) is 0.217. The van der Waals surface area contributed by atoms with Gasteiger partial charge in [0.1, 0.15) is 12.4 Å². The number of nitrogens with zero attached hydrogens (tertiary/aromatic N) is 1. The number of carbonyl (C=O) groups is 4. The number of esters is 1. The Balaban J connectivity index is 1.76. The Labute approximate surface area is 198 Å². The minimum absolute atomic E-state index is 0.0724. The lowest BCUT2D eigenvalue weighted by Gasteiger charge is -2.14. The van der Waals surface area contributed by atoms with Crippen molar-refractivity contribution in [1.29, 1.82) is 0 Å². The van der Waals surface area contributed by atoms with Crippen LogP contribution in [0, 0.1) is 5.82 Å². The first-order valence-corrected chi connectivity index (χ1v) is 10.9. The van der Waals surface area contributed by atoms with Crippen molar-refractivity contribution in [3.63, 3.8) is 0 Å². The summed E-state index contributed by atoms with van der Waals surface area (Å²) in [6.07, 6.45) is 1.42. The van der Waals surface area contributed by atoms with Crippen molar-refractivity contribution in [2.45, 2.75) is 6.92 Å². The molecule has 0 spiro atoms. The van der Waals surface area contributed by atoms with Crippen LogP contribution >= 0.6 is 11.8 Å². The van der Waals surface area contributed by atoms with Crippen molar-refractivity contribution in [2.24, 2.45) is 0 Å². The molecule has 0 aromatic heterocycles. The molecule has 34 heavy (non-hydrogen) atoms.